The van der Waals surface area contributed by atoms with Gasteiger partial charge in [0.2, 0.25) is 0 Å². The first-order chi connectivity index (χ1) is 8.02. The van der Waals surface area contributed by atoms with E-state index >= 15 is 0 Å². The van der Waals surface area contributed by atoms with Crippen molar-refractivity contribution >= 4 is 0 Å². The number of alkyl halides is 1. The van der Waals surface area contributed by atoms with Gasteiger partial charge in [-0.2, -0.15) is 0 Å². The van der Waals surface area contributed by atoms with Gasteiger partial charge in [-0.05, 0) is 19.8 Å². The van der Waals surface area contributed by atoms with Crippen LogP contribution in [0.2, 0.25) is 0 Å². The summed E-state index contributed by atoms with van der Waals surface area (Å²) in [5.41, 5.74) is -0.511. The van der Waals surface area contributed by atoms with Crippen LogP contribution in [-0.4, -0.2) is 27.4 Å². The van der Waals surface area contributed by atoms with Crippen LogP contribution in [0.4, 0.5) is 4.39 Å². The third-order valence-corrected chi connectivity index (χ3v) is 3.36. The normalized spacial score (nSPS) is 28.5. The van der Waals surface area contributed by atoms with E-state index in [0.29, 0.717) is 12.0 Å². The number of aromatic amines is 1. The maximum atomic E-state index is 13.5. The summed E-state index contributed by atoms with van der Waals surface area (Å²) >= 11 is 0. The summed E-state index contributed by atoms with van der Waals surface area (Å²) in [6.45, 7) is 1.38. The zero-order chi connectivity index (χ0) is 12.6. The summed E-state index contributed by atoms with van der Waals surface area (Å²) in [6.07, 6.45) is 0.988. The first-order valence-electron chi connectivity index (χ1n) is 5.60. The third-order valence-electron chi connectivity index (χ3n) is 3.36. The summed E-state index contributed by atoms with van der Waals surface area (Å²) in [5, 5.41) is 8.98. The fraction of sp³-hybridized carbons (Fsp3) is 0.636. The Balaban J connectivity index is 2.34. The molecule has 0 aromatic carbocycles. The van der Waals surface area contributed by atoms with Gasteiger partial charge in [0, 0.05) is 30.3 Å². The van der Waals surface area contributed by atoms with E-state index in [1.165, 1.54) is 10.8 Å². The lowest BCUT2D eigenvalue weighted by Gasteiger charge is -2.13. The van der Waals surface area contributed by atoms with Crippen molar-refractivity contribution in [3.05, 3.63) is 32.6 Å². The number of nitrogens with one attached hydrogen (secondary N) is 1. The van der Waals surface area contributed by atoms with Crippen molar-refractivity contribution in [1.82, 2.24) is 9.55 Å². The van der Waals surface area contributed by atoms with Gasteiger partial charge >= 0.3 is 5.69 Å². The Morgan fingerprint density at radius 1 is 1.53 bits per heavy atom. The zero-order valence-electron chi connectivity index (χ0n) is 9.52. The Kier molecular flexibility index (Phi) is 3.15. The van der Waals surface area contributed by atoms with Crippen LogP contribution in [0.3, 0.4) is 0 Å². The SMILES string of the molecule is Cc1cn([C@@H]2C[C@H](CO)[C@@H]([18F])C2)c(=O)[nH]c1=O. The van der Waals surface area contributed by atoms with E-state index in [1.54, 1.807) is 6.92 Å². The molecule has 0 spiro atoms. The largest absolute Gasteiger partial charge is 0.396 e. The van der Waals surface area contributed by atoms with Gasteiger partial charge in [0.1, 0.15) is 6.17 Å². The summed E-state index contributed by atoms with van der Waals surface area (Å²) in [4.78, 5) is 25.0. The highest BCUT2D eigenvalue weighted by atomic mass is 18.2. The molecule has 0 saturated heterocycles. The second-order valence-corrected chi connectivity index (χ2v) is 4.56. The monoisotopic (exact) mass is 241 g/mol. The molecule has 1 saturated carbocycles. The first kappa shape index (κ1) is 12.0. The number of halogens is 1. The first-order valence-corrected chi connectivity index (χ1v) is 5.60. The molecule has 0 bridgehead atoms. The van der Waals surface area contributed by atoms with Crippen LogP contribution in [0.25, 0.3) is 0 Å². The van der Waals surface area contributed by atoms with E-state index in [9.17, 15) is 14.0 Å². The van der Waals surface area contributed by atoms with Crippen LogP contribution in [0.5, 0.6) is 0 Å². The predicted molar refractivity (Wildman–Crippen MR) is 59.8 cm³/mol. The highest BCUT2D eigenvalue weighted by Crippen LogP contribution is 2.35. The number of rotatable bonds is 2. The minimum atomic E-state index is -1.09. The Bertz CT molecular complexity index is 522. The van der Waals surface area contributed by atoms with Crippen molar-refractivity contribution in [3.63, 3.8) is 0 Å². The number of H-pyrrole nitrogens is 1. The molecule has 94 valence electrons. The maximum absolute atomic E-state index is 13.5. The van der Waals surface area contributed by atoms with Crippen LogP contribution >= 0.6 is 0 Å². The quantitative estimate of drug-likeness (QED) is 0.772. The predicted octanol–water partition coefficient (Wildman–Crippen LogP) is 0.127. The molecule has 1 aliphatic carbocycles. The smallest absolute Gasteiger partial charge is 0.328 e. The molecule has 5 nitrogen and oxygen atoms in total. The van der Waals surface area contributed by atoms with Crippen LogP contribution in [0.1, 0.15) is 24.4 Å². The van der Waals surface area contributed by atoms with Crippen molar-refractivity contribution in [2.24, 2.45) is 5.92 Å². The van der Waals surface area contributed by atoms with Gasteiger partial charge in [-0.15, -0.1) is 0 Å². The average Bonchev–Trinajstić information content (AvgIpc) is 2.65. The van der Waals surface area contributed by atoms with Crippen LogP contribution < -0.4 is 11.2 Å². The molecule has 6 heteroatoms. The van der Waals surface area contributed by atoms with Gasteiger partial charge in [-0.25, -0.2) is 9.18 Å². The number of aliphatic hydroxyl groups excluding tert-OH is 1. The Morgan fingerprint density at radius 3 is 2.82 bits per heavy atom. The van der Waals surface area contributed by atoms with Gasteiger partial charge in [0.25, 0.3) is 5.56 Å². The number of hydrogen-bond acceptors (Lipinski definition) is 3. The molecule has 1 aromatic rings. The van der Waals surface area contributed by atoms with E-state index < -0.39 is 23.3 Å². The molecule has 0 radical (unpaired) electrons. The lowest BCUT2D eigenvalue weighted by atomic mass is 10.1. The van der Waals surface area contributed by atoms with Crippen LogP contribution in [-0.2, 0) is 0 Å². The highest BCUT2D eigenvalue weighted by molar-refractivity contribution is 5.03. The molecule has 2 N–H and O–H groups in total. The molecule has 1 aromatic heterocycles. The summed E-state index contributed by atoms with van der Waals surface area (Å²) in [5.74, 6) is -0.417. The minimum absolute atomic E-state index is 0.205. The lowest BCUT2D eigenvalue weighted by Crippen LogP contribution is -2.32. The van der Waals surface area contributed by atoms with Gasteiger partial charge in [-0.1, -0.05) is 0 Å². The lowest BCUT2D eigenvalue weighted by molar-refractivity contribution is 0.162. The summed E-state index contributed by atoms with van der Waals surface area (Å²) < 4.78 is 14.8. The topological polar surface area (TPSA) is 75.1 Å². The Labute approximate surface area is 96.9 Å². The fourth-order valence-electron chi connectivity index (χ4n) is 2.32. The zero-order valence-corrected chi connectivity index (χ0v) is 9.52. The summed E-state index contributed by atoms with van der Waals surface area (Å²) in [7, 11) is 0. The molecule has 17 heavy (non-hydrogen) atoms. The number of aliphatic hydroxyl groups is 1. The molecule has 3 atom stereocenters. The van der Waals surface area contributed by atoms with E-state index in [1.807, 2.05) is 0 Å². The van der Waals surface area contributed by atoms with Crippen molar-refractivity contribution in [2.75, 3.05) is 6.61 Å². The molecule has 0 unspecified atom stereocenters. The second-order valence-electron chi connectivity index (χ2n) is 4.56. The maximum Gasteiger partial charge on any atom is 0.328 e. The molecule has 1 heterocycles. The van der Waals surface area contributed by atoms with Gasteiger partial charge in [0.05, 0.1) is 0 Å². The second kappa shape index (κ2) is 4.44. The van der Waals surface area contributed by atoms with E-state index in [-0.39, 0.29) is 19.1 Å². The standard InChI is InChI=1S/C11H15FN2O3/c1-6-4-14(11(17)13-10(6)16)8-2-7(5-15)9(12)3-8/h4,7-9,15H,2-3,5H2,1H3,(H,13,16,17)/t7-,8-,9+/m1/s1/i12-1. The van der Waals surface area contributed by atoms with Crippen molar-refractivity contribution < 1.29 is 9.50 Å². The van der Waals surface area contributed by atoms with Crippen molar-refractivity contribution in [2.45, 2.75) is 32.0 Å². The van der Waals surface area contributed by atoms with E-state index in [2.05, 4.69) is 4.98 Å². The van der Waals surface area contributed by atoms with Crippen molar-refractivity contribution in [3.8, 4) is 0 Å². The number of hydrogen-bond donors (Lipinski definition) is 2. The molecular formula is C11H15FN2O3. The number of aryl methyl sites for hydroxylation is 1. The highest BCUT2D eigenvalue weighted by Gasteiger charge is 2.35. The molecule has 1 fully saturated rings. The molecule has 0 aliphatic heterocycles. The number of nitrogens with zero attached hydrogens (tertiary/aromatic N) is 1. The Morgan fingerprint density at radius 2 is 2.24 bits per heavy atom. The Hall–Kier alpha value is -1.43. The molecule has 1 aliphatic rings. The van der Waals surface area contributed by atoms with E-state index in [0.717, 1.165) is 0 Å². The van der Waals surface area contributed by atoms with Crippen LogP contribution in [0.15, 0.2) is 15.8 Å². The molecule has 0 amide bonds. The van der Waals surface area contributed by atoms with Gasteiger partial charge in [-0.3, -0.25) is 14.3 Å². The fourth-order valence-corrected chi connectivity index (χ4v) is 2.32. The molecular weight excluding hydrogens is 226 g/mol. The third kappa shape index (κ3) is 2.17. The number of aromatic nitrogens is 2. The van der Waals surface area contributed by atoms with Crippen molar-refractivity contribution in [1.29, 1.82) is 0 Å². The van der Waals surface area contributed by atoms with E-state index in [4.69, 9.17) is 5.11 Å². The molecule has 2 rings (SSSR count). The van der Waals surface area contributed by atoms with Gasteiger partial charge < -0.3 is 5.11 Å². The average molecular weight is 241 g/mol. The van der Waals surface area contributed by atoms with Crippen LogP contribution in [0, 0.1) is 12.8 Å². The minimum Gasteiger partial charge on any atom is -0.396 e. The van der Waals surface area contributed by atoms with Gasteiger partial charge in [0.15, 0.2) is 0 Å². The summed E-state index contributed by atoms with van der Waals surface area (Å²) in [6, 6.07) is -0.287.